The van der Waals surface area contributed by atoms with Gasteiger partial charge < -0.3 is 10.6 Å². The number of nitrogens with one attached hydrogen (secondary N) is 1. The molecule has 1 fully saturated rings. The summed E-state index contributed by atoms with van der Waals surface area (Å²) >= 11 is 4.91. The van der Waals surface area contributed by atoms with E-state index in [0.29, 0.717) is 16.5 Å². The van der Waals surface area contributed by atoms with Crippen LogP contribution in [0.4, 0.5) is 0 Å². The number of hydrogen-bond acceptors (Lipinski definition) is 4. The molecule has 2 heterocycles. The molecule has 0 saturated carbocycles. The van der Waals surface area contributed by atoms with Crippen molar-refractivity contribution in [2.45, 2.75) is 19.4 Å². The molecule has 1 aromatic rings. The van der Waals surface area contributed by atoms with Gasteiger partial charge in [-0.15, -0.1) is 0 Å². The third-order valence-corrected chi connectivity index (χ3v) is 2.66. The van der Waals surface area contributed by atoms with Crippen molar-refractivity contribution in [3.8, 4) is 0 Å². The van der Waals surface area contributed by atoms with E-state index in [9.17, 15) is 0 Å². The molecule has 0 bridgehead atoms. The highest BCUT2D eigenvalue weighted by Gasteiger charge is 2.29. The summed E-state index contributed by atoms with van der Waals surface area (Å²) in [5.74, 6) is 6.82. The van der Waals surface area contributed by atoms with Gasteiger partial charge in [-0.25, -0.2) is 4.68 Å². The number of ether oxygens (including phenoxy) is 1. The van der Waals surface area contributed by atoms with Gasteiger partial charge in [0.05, 0.1) is 0 Å². The van der Waals surface area contributed by atoms with Gasteiger partial charge in [0.15, 0.2) is 5.82 Å². The van der Waals surface area contributed by atoms with E-state index in [1.165, 1.54) is 4.68 Å². The zero-order chi connectivity index (χ0) is 9.42. The minimum absolute atomic E-state index is 0.0158. The van der Waals surface area contributed by atoms with Crippen LogP contribution >= 0.6 is 12.2 Å². The van der Waals surface area contributed by atoms with Crippen LogP contribution in [0.5, 0.6) is 0 Å². The summed E-state index contributed by atoms with van der Waals surface area (Å²) in [6.07, 6.45) is 1.03. The molecule has 0 aliphatic carbocycles. The first-order chi connectivity index (χ1) is 6.20. The topological polar surface area (TPSA) is 68.9 Å². The average Bonchev–Trinajstić information content (AvgIpc) is 2.62. The van der Waals surface area contributed by atoms with E-state index in [1.54, 1.807) is 0 Å². The highest BCUT2D eigenvalue weighted by atomic mass is 32.1. The number of nitrogens with zero attached hydrogens (tertiary/aromatic N) is 2. The molecule has 2 unspecified atom stereocenters. The normalized spacial score (nSPS) is 28.1. The Bertz CT molecular complexity index is 358. The lowest BCUT2D eigenvalue weighted by Crippen LogP contribution is -2.18. The van der Waals surface area contributed by atoms with Crippen LogP contribution in [0.2, 0.25) is 0 Å². The summed E-state index contributed by atoms with van der Waals surface area (Å²) in [6.45, 7) is 2.89. The van der Waals surface area contributed by atoms with E-state index in [0.717, 1.165) is 13.0 Å². The fraction of sp³-hybridized carbons (Fsp3) is 0.714. The van der Waals surface area contributed by atoms with Gasteiger partial charge in [0.2, 0.25) is 4.77 Å². The van der Waals surface area contributed by atoms with Gasteiger partial charge in [0.25, 0.3) is 0 Å². The maximum absolute atomic E-state index is 5.68. The predicted octanol–water partition coefficient (Wildman–Crippen LogP) is 0.752. The van der Waals surface area contributed by atoms with Crippen molar-refractivity contribution < 1.29 is 4.74 Å². The maximum Gasteiger partial charge on any atom is 0.214 e. The van der Waals surface area contributed by atoms with Gasteiger partial charge in [-0.1, -0.05) is 6.92 Å². The molecule has 72 valence electrons. The minimum Gasteiger partial charge on any atom is -0.370 e. The Morgan fingerprint density at radius 1 is 1.77 bits per heavy atom. The number of rotatable bonds is 1. The Hall–Kier alpha value is -0.880. The van der Waals surface area contributed by atoms with Gasteiger partial charge in [-0.05, 0) is 24.6 Å². The largest absolute Gasteiger partial charge is 0.370 e. The number of aromatic nitrogens is 3. The molecule has 2 rings (SSSR count). The first-order valence-electron chi connectivity index (χ1n) is 4.24. The molecule has 0 spiro atoms. The molecular weight excluding hydrogens is 188 g/mol. The van der Waals surface area contributed by atoms with Crippen LogP contribution in [0.1, 0.15) is 25.3 Å². The zero-order valence-electron chi connectivity index (χ0n) is 7.36. The van der Waals surface area contributed by atoms with Crippen LogP contribution in [0, 0.1) is 10.7 Å². The molecule has 1 saturated heterocycles. The summed E-state index contributed by atoms with van der Waals surface area (Å²) < 4.78 is 7.32. The molecular formula is C7H12N4OS. The number of hydrogen-bond donors (Lipinski definition) is 2. The third-order valence-electron chi connectivity index (χ3n) is 2.37. The first-order valence-corrected chi connectivity index (χ1v) is 4.65. The molecule has 1 aliphatic heterocycles. The van der Waals surface area contributed by atoms with Gasteiger partial charge >= 0.3 is 0 Å². The average molecular weight is 200 g/mol. The van der Waals surface area contributed by atoms with E-state index in [-0.39, 0.29) is 6.10 Å². The van der Waals surface area contributed by atoms with E-state index >= 15 is 0 Å². The van der Waals surface area contributed by atoms with Crippen LogP contribution in [0.3, 0.4) is 0 Å². The lowest BCUT2D eigenvalue weighted by molar-refractivity contribution is 0.0853. The van der Waals surface area contributed by atoms with Crippen molar-refractivity contribution in [1.82, 2.24) is 14.9 Å². The van der Waals surface area contributed by atoms with E-state index in [1.807, 2.05) is 0 Å². The van der Waals surface area contributed by atoms with Crippen molar-refractivity contribution >= 4 is 12.2 Å². The molecule has 1 aromatic heterocycles. The van der Waals surface area contributed by atoms with Crippen molar-refractivity contribution in [2.24, 2.45) is 5.92 Å². The number of aromatic amines is 1. The molecule has 3 N–H and O–H groups in total. The van der Waals surface area contributed by atoms with Crippen LogP contribution < -0.4 is 5.84 Å². The summed E-state index contributed by atoms with van der Waals surface area (Å²) in [7, 11) is 0. The van der Waals surface area contributed by atoms with Crippen LogP contribution in [-0.2, 0) is 4.74 Å². The van der Waals surface area contributed by atoms with Crippen molar-refractivity contribution in [2.75, 3.05) is 12.4 Å². The fourth-order valence-electron chi connectivity index (χ4n) is 1.54. The van der Waals surface area contributed by atoms with Gasteiger partial charge in [0, 0.05) is 6.61 Å². The monoisotopic (exact) mass is 200 g/mol. The molecule has 0 radical (unpaired) electrons. The van der Waals surface area contributed by atoms with Crippen molar-refractivity contribution in [3.05, 3.63) is 10.6 Å². The predicted molar refractivity (Wildman–Crippen MR) is 50.0 cm³/mol. The second kappa shape index (κ2) is 3.12. The molecule has 13 heavy (non-hydrogen) atoms. The molecule has 5 nitrogen and oxygen atoms in total. The standard InChI is InChI=1S/C7H12N4OS/c1-4-2-3-12-5(4)6-9-10-7(13)11(6)8/h4-5H,2-3,8H2,1H3,(H,10,13). The summed E-state index contributed by atoms with van der Waals surface area (Å²) in [4.78, 5) is 0. The summed E-state index contributed by atoms with van der Waals surface area (Å²) in [5, 5.41) is 6.69. The number of nitrogen functional groups attached to an aromatic ring is 1. The van der Waals surface area contributed by atoms with Crippen LogP contribution in [0.25, 0.3) is 0 Å². The third kappa shape index (κ3) is 1.36. The van der Waals surface area contributed by atoms with E-state index in [4.69, 9.17) is 22.8 Å². The quantitative estimate of drug-likeness (QED) is 0.518. The summed E-state index contributed by atoms with van der Waals surface area (Å²) in [5.41, 5.74) is 0. The smallest absolute Gasteiger partial charge is 0.214 e. The van der Waals surface area contributed by atoms with Crippen molar-refractivity contribution in [1.29, 1.82) is 0 Å². The lowest BCUT2D eigenvalue weighted by Gasteiger charge is -2.12. The first kappa shape index (κ1) is 8.71. The highest BCUT2D eigenvalue weighted by molar-refractivity contribution is 7.71. The Labute approximate surface area is 80.9 Å². The van der Waals surface area contributed by atoms with Gasteiger partial charge in [0.1, 0.15) is 6.10 Å². The second-order valence-electron chi connectivity index (χ2n) is 3.31. The Kier molecular flexibility index (Phi) is 2.09. The molecule has 1 aliphatic rings. The van der Waals surface area contributed by atoms with E-state index < -0.39 is 0 Å². The molecule has 6 heteroatoms. The van der Waals surface area contributed by atoms with Crippen molar-refractivity contribution in [3.63, 3.8) is 0 Å². The minimum atomic E-state index is -0.0158. The fourth-order valence-corrected chi connectivity index (χ4v) is 1.68. The maximum atomic E-state index is 5.68. The van der Waals surface area contributed by atoms with Gasteiger partial charge in [-0.2, -0.15) is 5.10 Å². The zero-order valence-corrected chi connectivity index (χ0v) is 8.17. The highest BCUT2D eigenvalue weighted by Crippen LogP contribution is 2.32. The Morgan fingerprint density at radius 3 is 3.00 bits per heavy atom. The Balaban J connectivity index is 2.34. The number of H-pyrrole nitrogens is 1. The molecule has 0 aromatic carbocycles. The SMILES string of the molecule is CC1CCOC1c1n[nH]c(=S)n1N. The molecule has 0 amide bonds. The second-order valence-corrected chi connectivity index (χ2v) is 3.70. The van der Waals surface area contributed by atoms with Crippen LogP contribution in [-0.4, -0.2) is 21.5 Å². The van der Waals surface area contributed by atoms with Gasteiger partial charge in [-0.3, -0.25) is 5.10 Å². The van der Waals surface area contributed by atoms with E-state index in [2.05, 4.69) is 17.1 Å². The van der Waals surface area contributed by atoms with Crippen LogP contribution in [0.15, 0.2) is 0 Å². The number of nitrogens with two attached hydrogens (primary N) is 1. The summed E-state index contributed by atoms with van der Waals surface area (Å²) in [6, 6.07) is 0. The molecule has 2 atom stereocenters. The Morgan fingerprint density at radius 2 is 2.54 bits per heavy atom. The lowest BCUT2D eigenvalue weighted by atomic mass is 10.0.